The molecule has 1 aliphatic rings. The Bertz CT molecular complexity index is 225. The van der Waals surface area contributed by atoms with Crippen molar-refractivity contribution in [3.05, 3.63) is 0 Å². The molecule has 0 aromatic carbocycles. The van der Waals surface area contributed by atoms with E-state index in [-0.39, 0.29) is 11.7 Å². The first-order chi connectivity index (χ1) is 5.48. The van der Waals surface area contributed by atoms with Gasteiger partial charge in [0.25, 0.3) is 0 Å². The molecular weight excluding hydrogens is 172 g/mol. The first-order valence-electron chi connectivity index (χ1n) is 4.36. The van der Waals surface area contributed by atoms with Crippen LogP contribution in [-0.2, 0) is 15.6 Å². The predicted molar refractivity (Wildman–Crippen MR) is 50.5 cm³/mol. The lowest BCUT2D eigenvalue weighted by Crippen LogP contribution is -2.45. The third-order valence-corrected chi connectivity index (χ3v) is 4.57. The number of hydrogen-bond acceptors (Lipinski definition) is 2. The highest BCUT2D eigenvalue weighted by Crippen LogP contribution is 2.32. The van der Waals surface area contributed by atoms with E-state index in [1.165, 1.54) is 0 Å². The molecular formula is C9H16O2S. The maximum absolute atomic E-state index is 11.7. The second-order valence-electron chi connectivity index (χ2n) is 3.84. The molecule has 1 rings (SSSR count). The summed E-state index contributed by atoms with van der Waals surface area (Å²) in [7, 11) is -1.02. The van der Waals surface area contributed by atoms with Gasteiger partial charge in [0.2, 0.25) is 0 Å². The maximum atomic E-state index is 11.7. The molecule has 0 heterocycles. The van der Waals surface area contributed by atoms with Gasteiger partial charge in [-0.05, 0) is 19.8 Å². The fourth-order valence-corrected chi connectivity index (χ4v) is 2.72. The van der Waals surface area contributed by atoms with Crippen molar-refractivity contribution >= 4 is 16.6 Å². The summed E-state index contributed by atoms with van der Waals surface area (Å²) in [6, 6.07) is 0. The van der Waals surface area contributed by atoms with Crippen LogP contribution in [0.3, 0.4) is 0 Å². The van der Waals surface area contributed by atoms with E-state index in [4.69, 9.17) is 0 Å². The van der Waals surface area contributed by atoms with Crippen molar-refractivity contribution in [2.45, 2.75) is 37.9 Å². The summed E-state index contributed by atoms with van der Waals surface area (Å²) in [5, 5.41) is 0. The van der Waals surface area contributed by atoms with Crippen molar-refractivity contribution in [2.24, 2.45) is 5.92 Å². The van der Waals surface area contributed by atoms with E-state index < -0.39 is 15.5 Å². The summed E-state index contributed by atoms with van der Waals surface area (Å²) in [4.78, 5) is 11.7. The van der Waals surface area contributed by atoms with Gasteiger partial charge in [-0.1, -0.05) is 13.3 Å². The van der Waals surface area contributed by atoms with Crippen molar-refractivity contribution in [1.82, 2.24) is 0 Å². The fraction of sp³-hybridized carbons (Fsp3) is 0.889. The minimum absolute atomic E-state index is 0.104. The second-order valence-corrected chi connectivity index (χ2v) is 5.65. The highest BCUT2D eigenvalue weighted by atomic mass is 32.2. The minimum Gasteiger partial charge on any atom is -0.298 e. The molecule has 3 heteroatoms. The van der Waals surface area contributed by atoms with Crippen LogP contribution >= 0.6 is 0 Å². The molecule has 1 fully saturated rings. The van der Waals surface area contributed by atoms with Gasteiger partial charge < -0.3 is 0 Å². The number of carbonyl (C=O) groups excluding carboxylic acids is 1. The molecule has 0 saturated heterocycles. The largest absolute Gasteiger partial charge is 0.298 e. The van der Waals surface area contributed by atoms with Crippen LogP contribution in [0, 0.1) is 5.92 Å². The summed E-state index contributed by atoms with van der Waals surface area (Å²) in [6.45, 7) is 3.77. The standard InChI is InChI=1S/C9H16O2S/c1-7-5-4-6-9(2,8(7)10)12(3)11/h7H,4-6H2,1-3H3. The average Bonchev–Trinajstić information content (AvgIpc) is 2.00. The maximum Gasteiger partial charge on any atom is 0.153 e. The van der Waals surface area contributed by atoms with E-state index in [1.807, 2.05) is 13.8 Å². The van der Waals surface area contributed by atoms with Gasteiger partial charge in [-0.15, -0.1) is 0 Å². The fourth-order valence-electron chi connectivity index (χ4n) is 1.81. The number of Topliss-reactive ketones (excluding diaryl/α,β-unsaturated/α-hetero) is 1. The van der Waals surface area contributed by atoms with E-state index in [0.717, 1.165) is 19.3 Å². The molecule has 2 nitrogen and oxygen atoms in total. The molecule has 0 radical (unpaired) electrons. The molecule has 0 N–H and O–H groups in total. The Balaban J connectivity index is 2.89. The van der Waals surface area contributed by atoms with Crippen LogP contribution in [0.5, 0.6) is 0 Å². The first-order valence-corrected chi connectivity index (χ1v) is 5.92. The van der Waals surface area contributed by atoms with Crippen molar-refractivity contribution in [3.8, 4) is 0 Å². The summed E-state index contributed by atoms with van der Waals surface area (Å²) >= 11 is 0. The van der Waals surface area contributed by atoms with Crippen LogP contribution in [0.4, 0.5) is 0 Å². The van der Waals surface area contributed by atoms with Gasteiger partial charge in [-0.3, -0.25) is 9.00 Å². The lowest BCUT2D eigenvalue weighted by atomic mass is 9.81. The van der Waals surface area contributed by atoms with E-state index in [0.29, 0.717) is 0 Å². The zero-order valence-corrected chi connectivity index (χ0v) is 8.74. The molecule has 70 valence electrons. The average molecular weight is 188 g/mol. The molecule has 3 atom stereocenters. The highest BCUT2D eigenvalue weighted by Gasteiger charge is 2.42. The van der Waals surface area contributed by atoms with Gasteiger partial charge in [-0.2, -0.15) is 0 Å². The molecule has 0 amide bonds. The molecule has 0 aromatic heterocycles. The number of carbonyl (C=O) groups is 1. The third kappa shape index (κ3) is 1.47. The van der Waals surface area contributed by atoms with Crippen molar-refractivity contribution in [3.63, 3.8) is 0 Å². The molecule has 12 heavy (non-hydrogen) atoms. The molecule has 1 saturated carbocycles. The Kier molecular flexibility index (Phi) is 2.71. The molecule has 3 unspecified atom stereocenters. The highest BCUT2D eigenvalue weighted by molar-refractivity contribution is 7.86. The van der Waals surface area contributed by atoms with E-state index in [9.17, 15) is 9.00 Å². The number of hydrogen-bond donors (Lipinski definition) is 0. The van der Waals surface area contributed by atoms with Crippen LogP contribution in [0.2, 0.25) is 0 Å². The monoisotopic (exact) mass is 188 g/mol. The number of ketones is 1. The predicted octanol–water partition coefficient (Wildman–Crippen LogP) is 1.51. The topological polar surface area (TPSA) is 34.1 Å². The first kappa shape index (κ1) is 9.90. The molecule has 1 aliphatic carbocycles. The lowest BCUT2D eigenvalue weighted by molar-refractivity contribution is -0.126. The zero-order chi connectivity index (χ0) is 9.35. The van der Waals surface area contributed by atoms with E-state index in [1.54, 1.807) is 6.26 Å². The summed E-state index contributed by atoms with van der Waals surface area (Å²) in [5.41, 5.74) is 0. The summed E-state index contributed by atoms with van der Waals surface area (Å²) in [6.07, 6.45) is 4.42. The van der Waals surface area contributed by atoms with E-state index in [2.05, 4.69) is 0 Å². The van der Waals surface area contributed by atoms with E-state index >= 15 is 0 Å². The third-order valence-electron chi connectivity index (χ3n) is 2.89. The minimum atomic E-state index is -1.02. The van der Waals surface area contributed by atoms with Gasteiger partial charge in [0, 0.05) is 23.0 Å². The molecule has 0 spiro atoms. The SMILES string of the molecule is CC1CCCC(C)(S(C)=O)C1=O. The van der Waals surface area contributed by atoms with Crippen LogP contribution in [0.25, 0.3) is 0 Å². The Hall–Kier alpha value is -0.180. The Labute approximate surface area is 76.2 Å². The van der Waals surface area contributed by atoms with Crippen LogP contribution in [0.1, 0.15) is 33.1 Å². The van der Waals surface area contributed by atoms with Crippen LogP contribution < -0.4 is 0 Å². The van der Waals surface area contributed by atoms with Crippen molar-refractivity contribution in [1.29, 1.82) is 0 Å². The zero-order valence-electron chi connectivity index (χ0n) is 7.92. The smallest absolute Gasteiger partial charge is 0.153 e. The normalized spacial score (nSPS) is 39.6. The van der Waals surface area contributed by atoms with Gasteiger partial charge in [-0.25, -0.2) is 0 Å². The quantitative estimate of drug-likeness (QED) is 0.625. The van der Waals surface area contributed by atoms with Crippen LogP contribution in [0.15, 0.2) is 0 Å². The Morgan fingerprint density at radius 3 is 2.58 bits per heavy atom. The summed E-state index contributed by atoms with van der Waals surface area (Å²) in [5.74, 6) is 0.294. The Morgan fingerprint density at radius 1 is 1.58 bits per heavy atom. The van der Waals surface area contributed by atoms with Gasteiger partial charge in [0.15, 0.2) is 5.78 Å². The van der Waals surface area contributed by atoms with Gasteiger partial charge in [0.1, 0.15) is 4.75 Å². The van der Waals surface area contributed by atoms with Crippen molar-refractivity contribution in [2.75, 3.05) is 6.26 Å². The Morgan fingerprint density at radius 2 is 2.17 bits per heavy atom. The van der Waals surface area contributed by atoms with Crippen molar-refractivity contribution < 1.29 is 9.00 Å². The van der Waals surface area contributed by atoms with Crippen LogP contribution in [-0.4, -0.2) is 21.0 Å². The van der Waals surface area contributed by atoms with Gasteiger partial charge in [0.05, 0.1) is 0 Å². The molecule has 0 bridgehead atoms. The molecule has 0 aromatic rings. The summed E-state index contributed by atoms with van der Waals surface area (Å²) < 4.78 is 10.8. The lowest BCUT2D eigenvalue weighted by Gasteiger charge is -2.33. The molecule has 0 aliphatic heterocycles. The number of rotatable bonds is 1. The second kappa shape index (κ2) is 3.29. The van der Waals surface area contributed by atoms with Gasteiger partial charge >= 0.3 is 0 Å².